The lowest BCUT2D eigenvalue weighted by Gasteiger charge is -2.17. The van der Waals surface area contributed by atoms with Crippen LogP contribution in [0.1, 0.15) is 39.5 Å². The third-order valence-corrected chi connectivity index (χ3v) is 5.97. The first-order valence-corrected chi connectivity index (χ1v) is 11.4. The van der Waals surface area contributed by atoms with Gasteiger partial charge in [-0.2, -0.15) is 0 Å². The summed E-state index contributed by atoms with van der Waals surface area (Å²) in [4.78, 5) is 25.1. The number of Topliss-reactive ketones (excluding diaryl/α,β-unsaturated/α-hetero) is 1. The normalized spacial score (nSPS) is 11.8. The average Bonchev–Trinajstić information content (AvgIpc) is 2.88. The van der Waals surface area contributed by atoms with Crippen molar-refractivity contribution < 1.29 is 34.4 Å². The number of esters is 1. The fourth-order valence-corrected chi connectivity index (χ4v) is 4.07. The lowest BCUT2D eigenvalue weighted by Crippen LogP contribution is -2.11. The lowest BCUT2D eigenvalue weighted by atomic mass is 10.1. The summed E-state index contributed by atoms with van der Waals surface area (Å²) in [6, 6.07) is 24.2. The van der Waals surface area contributed by atoms with Crippen LogP contribution in [0.5, 0.6) is 23.0 Å². The third-order valence-electron chi connectivity index (χ3n) is 5.97. The molecule has 7 nitrogen and oxygen atoms in total. The van der Waals surface area contributed by atoms with Gasteiger partial charge in [0.2, 0.25) is 6.29 Å². The van der Waals surface area contributed by atoms with Gasteiger partial charge in [0.15, 0.2) is 5.78 Å². The van der Waals surface area contributed by atoms with Gasteiger partial charge in [-0.15, -0.1) is 0 Å². The minimum atomic E-state index is -1.36. The average molecular weight is 494 g/mol. The highest BCUT2D eigenvalue weighted by atomic mass is 16.6. The number of phenolic OH excluding ortho intramolecular Hbond substituents is 2. The smallest absolute Gasteiger partial charge is 0.343 e. The molecule has 0 aliphatic carbocycles. The molecule has 0 radical (unpaired) electrons. The number of ketones is 1. The topological polar surface area (TPSA) is 113 Å². The number of hydrogen-bond acceptors (Lipinski definition) is 7. The maximum absolute atomic E-state index is 12.7. The molecule has 0 heterocycles. The molecule has 5 aromatic carbocycles. The molecule has 0 aliphatic rings. The van der Waals surface area contributed by atoms with E-state index in [2.05, 4.69) is 0 Å². The van der Waals surface area contributed by atoms with E-state index in [-0.39, 0.29) is 34.3 Å². The molecule has 1 atom stereocenters. The second kappa shape index (κ2) is 9.64. The van der Waals surface area contributed by atoms with Gasteiger partial charge in [-0.25, -0.2) is 4.79 Å². The monoisotopic (exact) mass is 494 g/mol. The summed E-state index contributed by atoms with van der Waals surface area (Å²) in [7, 11) is 0. The zero-order valence-electron chi connectivity index (χ0n) is 19.7. The Morgan fingerprint density at radius 3 is 1.97 bits per heavy atom. The Labute approximate surface area is 211 Å². The summed E-state index contributed by atoms with van der Waals surface area (Å²) in [5, 5.41) is 33.1. The highest BCUT2D eigenvalue weighted by Crippen LogP contribution is 2.31. The summed E-state index contributed by atoms with van der Waals surface area (Å²) >= 11 is 0. The van der Waals surface area contributed by atoms with Crippen molar-refractivity contribution in [3.8, 4) is 23.0 Å². The molecule has 0 saturated heterocycles. The van der Waals surface area contributed by atoms with E-state index in [4.69, 9.17) is 9.47 Å². The van der Waals surface area contributed by atoms with Crippen LogP contribution in [-0.4, -0.2) is 27.1 Å². The number of aliphatic hydroxyl groups excluding tert-OH is 1. The Kier molecular flexibility index (Phi) is 6.21. The molecule has 0 saturated carbocycles. The van der Waals surface area contributed by atoms with Gasteiger partial charge in [0.1, 0.15) is 23.0 Å². The minimum Gasteiger partial charge on any atom is -0.508 e. The van der Waals surface area contributed by atoms with Crippen molar-refractivity contribution in [1.29, 1.82) is 0 Å². The van der Waals surface area contributed by atoms with Crippen molar-refractivity contribution in [2.24, 2.45) is 0 Å². The molecule has 3 N–H and O–H groups in total. The Morgan fingerprint density at radius 1 is 0.703 bits per heavy atom. The van der Waals surface area contributed by atoms with Crippen LogP contribution < -0.4 is 9.47 Å². The number of ether oxygens (including phenoxy) is 2. The standard InChI is InChI=1S/C30H22O7/c1-17(31)27-16-26(36-29(34)22-4-2-20-14-24(32)8-6-18(20)12-22)10-11-28(27)37-30(35)23-5-3-21-15-25(33)9-7-19(21)13-23/h2-16,30,32-33,35H,1H3. The van der Waals surface area contributed by atoms with Crippen LogP contribution in [0.3, 0.4) is 0 Å². The molecule has 37 heavy (non-hydrogen) atoms. The van der Waals surface area contributed by atoms with Gasteiger partial charge in [-0.1, -0.05) is 30.3 Å². The van der Waals surface area contributed by atoms with Crippen LogP contribution in [-0.2, 0) is 0 Å². The number of benzene rings is 5. The lowest BCUT2D eigenvalue weighted by molar-refractivity contribution is -0.0197. The van der Waals surface area contributed by atoms with Crippen molar-refractivity contribution >= 4 is 33.3 Å². The highest BCUT2D eigenvalue weighted by molar-refractivity contribution is 5.99. The SMILES string of the molecule is CC(=O)c1cc(OC(=O)c2ccc3cc(O)ccc3c2)ccc1OC(O)c1ccc2cc(O)ccc2c1. The fourth-order valence-electron chi connectivity index (χ4n) is 4.07. The number of aliphatic hydroxyl groups is 1. The summed E-state index contributed by atoms with van der Waals surface area (Å²) in [6.45, 7) is 1.35. The number of hydrogen-bond donors (Lipinski definition) is 3. The van der Waals surface area contributed by atoms with Gasteiger partial charge in [-0.05, 0) is 89.1 Å². The molecular weight excluding hydrogens is 472 g/mol. The van der Waals surface area contributed by atoms with Gasteiger partial charge in [-0.3, -0.25) is 4.79 Å². The molecule has 0 fully saturated rings. The predicted octanol–water partition coefficient (Wildman–Crippen LogP) is 5.90. The molecule has 0 aliphatic heterocycles. The predicted molar refractivity (Wildman–Crippen MR) is 138 cm³/mol. The van der Waals surface area contributed by atoms with Gasteiger partial charge in [0.05, 0.1) is 11.1 Å². The van der Waals surface area contributed by atoms with E-state index in [0.717, 1.165) is 21.5 Å². The van der Waals surface area contributed by atoms with Crippen LogP contribution in [0.25, 0.3) is 21.5 Å². The zero-order valence-corrected chi connectivity index (χ0v) is 19.7. The van der Waals surface area contributed by atoms with E-state index in [9.17, 15) is 24.9 Å². The second-order valence-corrected chi connectivity index (χ2v) is 8.61. The van der Waals surface area contributed by atoms with Crippen LogP contribution >= 0.6 is 0 Å². The molecule has 0 aromatic heterocycles. The Balaban J connectivity index is 1.36. The van der Waals surface area contributed by atoms with E-state index >= 15 is 0 Å². The number of fused-ring (bicyclic) bond motifs is 2. The zero-order chi connectivity index (χ0) is 26.1. The molecule has 7 heteroatoms. The first-order valence-electron chi connectivity index (χ1n) is 11.4. The fraction of sp³-hybridized carbons (Fsp3) is 0.0667. The Bertz CT molecular complexity index is 1670. The van der Waals surface area contributed by atoms with Gasteiger partial charge in [0.25, 0.3) is 0 Å². The van der Waals surface area contributed by atoms with Gasteiger partial charge >= 0.3 is 5.97 Å². The van der Waals surface area contributed by atoms with Crippen molar-refractivity contribution in [2.45, 2.75) is 13.2 Å². The van der Waals surface area contributed by atoms with Crippen LogP contribution in [0, 0.1) is 0 Å². The molecule has 1 unspecified atom stereocenters. The van der Waals surface area contributed by atoms with E-state index in [0.29, 0.717) is 11.1 Å². The van der Waals surface area contributed by atoms with Crippen LogP contribution in [0.4, 0.5) is 0 Å². The summed E-state index contributed by atoms with van der Waals surface area (Å²) < 4.78 is 11.2. The van der Waals surface area contributed by atoms with Crippen molar-refractivity contribution in [1.82, 2.24) is 0 Å². The van der Waals surface area contributed by atoms with Crippen LogP contribution in [0.2, 0.25) is 0 Å². The maximum atomic E-state index is 12.7. The molecular formula is C30H22O7. The number of carbonyl (C=O) groups is 2. The maximum Gasteiger partial charge on any atom is 0.343 e. The van der Waals surface area contributed by atoms with E-state index < -0.39 is 12.3 Å². The summed E-state index contributed by atoms with van der Waals surface area (Å²) in [5.74, 6) is -0.387. The second-order valence-electron chi connectivity index (χ2n) is 8.61. The van der Waals surface area contributed by atoms with Crippen molar-refractivity contribution in [3.63, 3.8) is 0 Å². The molecule has 0 spiro atoms. The Morgan fingerprint density at radius 2 is 1.30 bits per heavy atom. The number of rotatable bonds is 6. The summed E-state index contributed by atoms with van der Waals surface area (Å²) in [6.07, 6.45) is -1.36. The third kappa shape index (κ3) is 5.07. The molecule has 184 valence electrons. The largest absolute Gasteiger partial charge is 0.508 e. The molecule has 0 amide bonds. The van der Waals surface area contributed by atoms with E-state index in [1.807, 2.05) is 0 Å². The van der Waals surface area contributed by atoms with Crippen molar-refractivity contribution in [3.05, 3.63) is 108 Å². The molecule has 0 bridgehead atoms. The minimum absolute atomic E-state index is 0.132. The van der Waals surface area contributed by atoms with Gasteiger partial charge in [0, 0.05) is 5.56 Å². The first-order chi connectivity index (χ1) is 17.8. The quantitative estimate of drug-likeness (QED) is 0.117. The van der Waals surface area contributed by atoms with Crippen molar-refractivity contribution in [2.75, 3.05) is 0 Å². The van der Waals surface area contributed by atoms with E-state index in [1.54, 1.807) is 66.7 Å². The first kappa shape index (κ1) is 23.8. The van der Waals surface area contributed by atoms with Crippen LogP contribution in [0.15, 0.2) is 91.0 Å². The number of aromatic hydroxyl groups is 2. The highest BCUT2D eigenvalue weighted by Gasteiger charge is 2.18. The molecule has 5 rings (SSSR count). The van der Waals surface area contributed by atoms with Gasteiger partial charge < -0.3 is 24.8 Å². The number of phenols is 2. The number of carbonyl (C=O) groups excluding carboxylic acids is 2. The van der Waals surface area contributed by atoms with E-state index in [1.165, 1.54) is 31.2 Å². The Hall–Kier alpha value is -4.88. The molecule has 5 aromatic rings. The summed E-state index contributed by atoms with van der Waals surface area (Å²) in [5.41, 5.74) is 0.916.